The fourth-order valence-corrected chi connectivity index (χ4v) is 2.06. The Bertz CT molecular complexity index is 293. The molecule has 2 heterocycles. The summed E-state index contributed by atoms with van der Waals surface area (Å²) in [4.78, 5) is 2.49. The molecular weight excluding hydrogens is 212 g/mol. The van der Waals surface area contributed by atoms with Gasteiger partial charge in [0.1, 0.15) is 0 Å². The summed E-state index contributed by atoms with van der Waals surface area (Å²) in [6, 6.07) is 0. The van der Waals surface area contributed by atoms with Crippen LogP contribution in [0.4, 0.5) is 0 Å². The van der Waals surface area contributed by atoms with Crippen LogP contribution in [-0.4, -0.2) is 39.5 Å². The largest absolute Gasteiger partial charge is 0.301 e. The third kappa shape index (κ3) is 3.18. The number of nitrogens with zero attached hydrogens (tertiary/aromatic N) is 4. The zero-order valence-corrected chi connectivity index (χ0v) is 9.66. The summed E-state index contributed by atoms with van der Waals surface area (Å²) in [5.41, 5.74) is 0.857. The minimum atomic E-state index is 0.448. The molecule has 0 aliphatic carbocycles. The maximum Gasteiger partial charge on any atom is 0.0974 e. The van der Waals surface area contributed by atoms with Gasteiger partial charge in [0.15, 0.2) is 0 Å². The number of rotatable bonds is 4. The first-order valence-corrected chi connectivity index (χ1v) is 6.09. The Labute approximate surface area is 95.2 Å². The number of alkyl halides is 1. The zero-order valence-electron chi connectivity index (χ0n) is 8.90. The molecule has 0 saturated carbocycles. The first-order chi connectivity index (χ1) is 7.38. The Morgan fingerprint density at radius 2 is 2.00 bits per heavy atom. The van der Waals surface area contributed by atoms with Crippen molar-refractivity contribution in [1.82, 2.24) is 19.9 Å². The van der Waals surface area contributed by atoms with E-state index in [0.29, 0.717) is 5.88 Å². The molecule has 0 N–H and O–H groups in total. The first-order valence-electron chi connectivity index (χ1n) is 5.56. The van der Waals surface area contributed by atoms with Crippen LogP contribution >= 0.6 is 11.6 Å². The van der Waals surface area contributed by atoms with Crippen molar-refractivity contribution in [2.45, 2.75) is 31.7 Å². The van der Waals surface area contributed by atoms with Crippen LogP contribution in [-0.2, 0) is 12.4 Å². The van der Waals surface area contributed by atoms with Crippen LogP contribution in [0.1, 0.15) is 25.0 Å². The van der Waals surface area contributed by atoms with Crippen LogP contribution in [0.15, 0.2) is 6.20 Å². The SMILES string of the molecule is ClCc1cn(CCN2CCCCC2)nn1. The molecule has 0 radical (unpaired) electrons. The maximum absolute atomic E-state index is 5.66. The Balaban J connectivity index is 1.76. The topological polar surface area (TPSA) is 34.0 Å². The maximum atomic E-state index is 5.66. The normalized spacial score (nSPS) is 18.2. The molecular formula is C10H17ClN4. The van der Waals surface area contributed by atoms with Gasteiger partial charge < -0.3 is 4.90 Å². The van der Waals surface area contributed by atoms with Crippen molar-refractivity contribution in [3.05, 3.63) is 11.9 Å². The predicted octanol–water partition coefficient (Wildman–Crippen LogP) is 1.50. The fourth-order valence-electron chi connectivity index (χ4n) is 1.94. The van der Waals surface area contributed by atoms with E-state index in [1.54, 1.807) is 0 Å². The second-order valence-electron chi connectivity index (χ2n) is 4.01. The van der Waals surface area contributed by atoms with Crippen molar-refractivity contribution in [1.29, 1.82) is 0 Å². The Morgan fingerprint density at radius 3 is 2.67 bits per heavy atom. The van der Waals surface area contributed by atoms with E-state index in [-0.39, 0.29) is 0 Å². The lowest BCUT2D eigenvalue weighted by Gasteiger charge is -2.25. The lowest BCUT2D eigenvalue weighted by molar-refractivity contribution is 0.217. The average molecular weight is 229 g/mol. The molecule has 1 aliphatic rings. The quantitative estimate of drug-likeness (QED) is 0.733. The van der Waals surface area contributed by atoms with E-state index in [1.807, 2.05) is 10.9 Å². The van der Waals surface area contributed by atoms with E-state index in [1.165, 1.54) is 32.4 Å². The van der Waals surface area contributed by atoms with Gasteiger partial charge in [0.25, 0.3) is 0 Å². The Morgan fingerprint density at radius 1 is 1.20 bits per heavy atom. The number of aromatic nitrogens is 3. The smallest absolute Gasteiger partial charge is 0.0974 e. The first kappa shape index (κ1) is 10.9. The van der Waals surface area contributed by atoms with Crippen molar-refractivity contribution in [3.8, 4) is 0 Å². The van der Waals surface area contributed by atoms with Gasteiger partial charge in [-0.25, -0.2) is 0 Å². The summed E-state index contributed by atoms with van der Waals surface area (Å²) >= 11 is 5.66. The third-order valence-electron chi connectivity index (χ3n) is 2.82. The lowest BCUT2D eigenvalue weighted by atomic mass is 10.1. The van der Waals surface area contributed by atoms with Gasteiger partial charge >= 0.3 is 0 Å². The average Bonchev–Trinajstić information content (AvgIpc) is 2.76. The summed E-state index contributed by atoms with van der Waals surface area (Å²) in [6.07, 6.45) is 5.99. The van der Waals surface area contributed by atoms with Gasteiger partial charge in [-0.15, -0.1) is 16.7 Å². The monoisotopic (exact) mass is 228 g/mol. The van der Waals surface area contributed by atoms with Gasteiger partial charge in [-0.05, 0) is 25.9 Å². The number of hydrogen-bond acceptors (Lipinski definition) is 3. The van der Waals surface area contributed by atoms with E-state index in [9.17, 15) is 0 Å². The molecule has 0 atom stereocenters. The highest BCUT2D eigenvalue weighted by Gasteiger charge is 2.09. The number of hydrogen-bond donors (Lipinski definition) is 0. The van der Waals surface area contributed by atoms with Gasteiger partial charge in [-0.3, -0.25) is 4.68 Å². The van der Waals surface area contributed by atoms with Crippen LogP contribution < -0.4 is 0 Å². The second-order valence-corrected chi connectivity index (χ2v) is 4.28. The van der Waals surface area contributed by atoms with Gasteiger partial charge in [-0.2, -0.15) is 0 Å². The molecule has 0 aromatic carbocycles. The molecule has 0 bridgehead atoms. The van der Waals surface area contributed by atoms with Gasteiger partial charge in [0.05, 0.1) is 18.1 Å². The van der Waals surface area contributed by atoms with Gasteiger partial charge in [0.2, 0.25) is 0 Å². The molecule has 4 nitrogen and oxygen atoms in total. The second kappa shape index (κ2) is 5.47. The summed E-state index contributed by atoms with van der Waals surface area (Å²) in [5.74, 6) is 0.448. The van der Waals surface area contributed by atoms with E-state index in [2.05, 4.69) is 15.2 Å². The van der Waals surface area contributed by atoms with Crippen LogP contribution in [0.5, 0.6) is 0 Å². The molecule has 0 amide bonds. The highest BCUT2D eigenvalue weighted by atomic mass is 35.5. The molecule has 5 heteroatoms. The zero-order chi connectivity index (χ0) is 10.5. The standard InChI is InChI=1S/C10H17ClN4/c11-8-10-9-15(13-12-10)7-6-14-4-2-1-3-5-14/h9H,1-8H2. The highest BCUT2D eigenvalue weighted by molar-refractivity contribution is 6.16. The van der Waals surface area contributed by atoms with Gasteiger partial charge in [0, 0.05) is 12.7 Å². The molecule has 15 heavy (non-hydrogen) atoms. The number of halogens is 1. The van der Waals surface area contributed by atoms with Crippen molar-refractivity contribution in [2.75, 3.05) is 19.6 Å². The van der Waals surface area contributed by atoms with Crippen LogP contribution in [0.2, 0.25) is 0 Å². The van der Waals surface area contributed by atoms with Crippen LogP contribution in [0, 0.1) is 0 Å². The van der Waals surface area contributed by atoms with E-state index in [0.717, 1.165) is 18.8 Å². The fraction of sp³-hybridized carbons (Fsp3) is 0.800. The highest BCUT2D eigenvalue weighted by Crippen LogP contribution is 2.08. The third-order valence-corrected chi connectivity index (χ3v) is 3.09. The minimum absolute atomic E-state index is 0.448. The van der Waals surface area contributed by atoms with Crippen LogP contribution in [0.3, 0.4) is 0 Å². The molecule has 0 unspecified atom stereocenters. The van der Waals surface area contributed by atoms with Gasteiger partial charge in [-0.1, -0.05) is 11.6 Å². The van der Waals surface area contributed by atoms with Crippen molar-refractivity contribution in [2.24, 2.45) is 0 Å². The summed E-state index contributed by atoms with van der Waals surface area (Å²) < 4.78 is 1.88. The molecule has 1 aliphatic heterocycles. The van der Waals surface area contributed by atoms with Crippen molar-refractivity contribution >= 4 is 11.6 Å². The predicted molar refractivity (Wildman–Crippen MR) is 59.9 cm³/mol. The summed E-state index contributed by atoms with van der Waals surface area (Å²) in [7, 11) is 0. The Hall–Kier alpha value is -0.610. The molecule has 1 fully saturated rings. The minimum Gasteiger partial charge on any atom is -0.301 e. The summed E-state index contributed by atoms with van der Waals surface area (Å²) in [6.45, 7) is 4.46. The van der Waals surface area contributed by atoms with E-state index >= 15 is 0 Å². The van der Waals surface area contributed by atoms with Crippen LogP contribution in [0.25, 0.3) is 0 Å². The molecule has 2 rings (SSSR count). The molecule has 1 aromatic heterocycles. The van der Waals surface area contributed by atoms with E-state index in [4.69, 9.17) is 11.6 Å². The molecule has 1 saturated heterocycles. The number of likely N-dealkylation sites (tertiary alicyclic amines) is 1. The Kier molecular flexibility index (Phi) is 3.97. The molecule has 1 aromatic rings. The van der Waals surface area contributed by atoms with Crippen molar-refractivity contribution in [3.63, 3.8) is 0 Å². The molecule has 84 valence electrons. The summed E-state index contributed by atoms with van der Waals surface area (Å²) in [5, 5.41) is 7.99. The molecule has 0 spiro atoms. The van der Waals surface area contributed by atoms with Crippen molar-refractivity contribution < 1.29 is 0 Å². The van der Waals surface area contributed by atoms with E-state index < -0.39 is 0 Å². The lowest BCUT2D eigenvalue weighted by Crippen LogP contribution is -2.32. The number of piperidine rings is 1.